The van der Waals surface area contributed by atoms with Crippen LogP contribution in [-0.2, 0) is 10.2 Å². The van der Waals surface area contributed by atoms with Crippen LogP contribution in [0.4, 0.5) is 0 Å². The summed E-state index contributed by atoms with van der Waals surface area (Å²) in [5.41, 5.74) is 1.61. The summed E-state index contributed by atoms with van der Waals surface area (Å²) in [7, 11) is 1.54. The Balaban J connectivity index is 2.47. The standard InChI is InChI=1S/C12H15N3O2/c1-12(2,11(16)15(3)13)8-4-5-9-10(6-8)17-7-14-9/h4-7H,13H2,1-3H3. The van der Waals surface area contributed by atoms with Crippen molar-refractivity contribution in [2.24, 2.45) is 5.84 Å². The van der Waals surface area contributed by atoms with Gasteiger partial charge in [0.1, 0.15) is 5.52 Å². The van der Waals surface area contributed by atoms with Crippen LogP contribution in [0.3, 0.4) is 0 Å². The number of carbonyl (C=O) groups is 1. The first-order valence-corrected chi connectivity index (χ1v) is 5.29. The number of carbonyl (C=O) groups excluding carboxylic acids is 1. The van der Waals surface area contributed by atoms with E-state index in [2.05, 4.69) is 4.98 Å². The maximum Gasteiger partial charge on any atom is 0.246 e. The van der Waals surface area contributed by atoms with E-state index in [9.17, 15) is 4.79 Å². The van der Waals surface area contributed by atoms with Gasteiger partial charge in [0.05, 0.1) is 5.41 Å². The number of nitrogens with two attached hydrogens (primary N) is 1. The molecule has 90 valence electrons. The molecule has 17 heavy (non-hydrogen) atoms. The molecule has 0 saturated heterocycles. The van der Waals surface area contributed by atoms with Crippen molar-refractivity contribution in [3.05, 3.63) is 30.2 Å². The van der Waals surface area contributed by atoms with Crippen molar-refractivity contribution in [3.63, 3.8) is 0 Å². The Labute approximate surface area is 99.2 Å². The second-order valence-corrected chi connectivity index (χ2v) is 4.58. The summed E-state index contributed by atoms with van der Waals surface area (Å²) in [6.07, 6.45) is 1.39. The van der Waals surface area contributed by atoms with E-state index < -0.39 is 5.41 Å². The number of nitrogens with zero attached hydrogens (tertiary/aromatic N) is 2. The second-order valence-electron chi connectivity index (χ2n) is 4.58. The number of benzene rings is 1. The summed E-state index contributed by atoms with van der Waals surface area (Å²) in [6, 6.07) is 5.52. The first-order valence-electron chi connectivity index (χ1n) is 5.29. The molecule has 0 saturated carbocycles. The minimum Gasteiger partial charge on any atom is -0.443 e. The molecule has 0 unspecified atom stereocenters. The number of rotatable bonds is 2. The third-order valence-corrected chi connectivity index (χ3v) is 2.91. The van der Waals surface area contributed by atoms with Crippen molar-refractivity contribution in [1.29, 1.82) is 0 Å². The molecule has 0 fully saturated rings. The second kappa shape index (κ2) is 3.85. The molecule has 0 atom stereocenters. The third kappa shape index (κ3) is 1.89. The average molecular weight is 233 g/mol. The highest BCUT2D eigenvalue weighted by molar-refractivity contribution is 5.88. The first-order chi connectivity index (χ1) is 7.93. The molecule has 0 radical (unpaired) electrons. The SMILES string of the molecule is CN(N)C(=O)C(C)(C)c1ccc2ncoc2c1. The Hall–Kier alpha value is -1.88. The van der Waals surface area contributed by atoms with Crippen LogP contribution in [0.15, 0.2) is 29.0 Å². The molecular weight excluding hydrogens is 218 g/mol. The maximum atomic E-state index is 12.0. The smallest absolute Gasteiger partial charge is 0.246 e. The molecule has 1 aromatic carbocycles. The quantitative estimate of drug-likeness (QED) is 0.484. The lowest BCUT2D eigenvalue weighted by atomic mass is 9.83. The van der Waals surface area contributed by atoms with E-state index >= 15 is 0 Å². The van der Waals surface area contributed by atoms with Crippen LogP contribution in [-0.4, -0.2) is 22.9 Å². The Morgan fingerprint density at radius 1 is 1.47 bits per heavy atom. The summed E-state index contributed by atoms with van der Waals surface area (Å²) < 4.78 is 5.23. The van der Waals surface area contributed by atoms with Crippen molar-refractivity contribution in [3.8, 4) is 0 Å². The molecule has 5 heteroatoms. The number of hydrogen-bond acceptors (Lipinski definition) is 4. The number of hydrazine groups is 1. The number of hydrogen-bond donors (Lipinski definition) is 1. The molecule has 1 amide bonds. The predicted octanol–water partition coefficient (Wildman–Crippen LogP) is 1.44. The molecule has 0 aliphatic heterocycles. The van der Waals surface area contributed by atoms with Gasteiger partial charge < -0.3 is 4.42 Å². The topological polar surface area (TPSA) is 72.4 Å². The zero-order chi connectivity index (χ0) is 12.6. The molecule has 2 rings (SSSR count). The van der Waals surface area contributed by atoms with Crippen LogP contribution in [0.1, 0.15) is 19.4 Å². The van der Waals surface area contributed by atoms with Crippen LogP contribution in [0.2, 0.25) is 0 Å². The van der Waals surface area contributed by atoms with E-state index in [0.29, 0.717) is 5.58 Å². The zero-order valence-corrected chi connectivity index (χ0v) is 10.1. The van der Waals surface area contributed by atoms with E-state index in [1.807, 2.05) is 32.0 Å². The van der Waals surface area contributed by atoms with E-state index in [0.717, 1.165) is 16.1 Å². The van der Waals surface area contributed by atoms with Gasteiger partial charge in [-0.1, -0.05) is 6.07 Å². The monoisotopic (exact) mass is 233 g/mol. The molecule has 1 heterocycles. The number of fused-ring (bicyclic) bond motifs is 1. The van der Waals surface area contributed by atoms with Gasteiger partial charge in [-0.15, -0.1) is 0 Å². The summed E-state index contributed by atoms with van der Waals surface area (Å²) in [5, 5.41) is 1.10. The lowest BCUT2D eigenvalue weighted by Crippen LogP contribution is -2.44. The van der Waals surface area contributed by atoms with E-state index in [4.69, 9.17) is 10.3 Å². The summed E-state index contributed by atoms with van der Waals surface area (Å²) in [6.45, 7) is 3.66. The van der Waals surface area contributed by atoms with E-state index in [-0.39, 0.29) is 5.91 Å². The van der Waals surface area contributed by atoms with Gasteiger partial charge >= 0.3 is 0 Å². The van der Waals surface area contributed by atoms with Crippen molar-refractivity contribution in [2.75, 3.05) is 7.05 Å². The molecule has 2 aromatic rings. The normalized spacial score (nSPS) is 11.8. The molecular formula is C12H15N3O2. The molecule has 5 nitrogen and oxygen atoms in total. The van der Waals surface area contributed by atoms with Crippen LogP contribution < -0.4 is 5.84 Å². The van der Waals surface area contributed by atoms with Gasteiger partial charge in [-0.25, -0.2) is 10.8 Å². The average Bonchev–Trinajstić information content (AvgIpc) is 2.74. The molecule has 0 aliphatic rings. The fourth-order valence-electron chi connectivity index (χ4n) is 1.81. The van der Waals surface area contributed by atoms with Crippen LogP contribution in [0.25, 0.3) is 11.1 Å². The van der Waals surface area contributed by atoms with Crippen LogP contribution in [0.5, 0.6) is 0 Å². The Bertz CT molecular complexity index is 558. The third-order valence-electron chi connectivity index (χ3n) is 2.91. The molecule has 0 bridgehead atoms. The lowest BCUT2D eigenvalue weighted by Gasteiger charge is -2.26. The Morgan fingerprint density at radius 3 is 2.82 bits per heavy atom. The molecule has 0 aliphatic carbocycles. The summed E-state index contributed by atoms with van der Waals surface area (Å²) in [5.74, 6) is 5.34. The fraction of sp³-hybridized carbons (Fsp3) is 0.333. The maximum absolute atomic E-state index is 12.0. The highest BCUT2D eigenvalue weighted by atomic mass is 16.3. The molecule has 1 aromatic heterocycles. The highest BCUT2D eigenvalue weighted by Crippen LogP contribution is 2.27. The number of amides is 1. The largest absolute Gasteiger partial charge is 0.443 e. The van der Waals surface area contributed by atoms with Gasteiger partial charge in [-0.2, -0.15) is 0 Å². The van der Waals surface area contributed by atoms with Crippen molar-refractivity contribution < 1.29 is 9.21 Å². The van der Waals surface area contributed by atoms with Gasteiger partial charge in [-0.3, -0.25) is 9.80 Å². The minimum atomic E-state index is -0.690. The van der Waals surface area contributed by atoms with Crippen molar-refractivity contribution in [2.45, 2.75) is 19.3 Å². The van der Waals surface area contributed by atoms with Gasteiger partial charge in [0, 0.05) is 7.05 Å². The Morgan fingerprint density at radius 2 is 2.18 bits per heavy atom. The van der Waals surface area contributed by atoms with Crippen molar-refractivity contribution in [1.82, 2.24) is 9.99 Å². The fourth-order valence-corrected chi connectivity index (χ4v) is 1.81. The van der Waals surface area contributed by atoms with Gasteiger partial charge in [0.25, 0.3) is 0 Å². The molecule has 2 N–H and O–H groups in total. The minimum absolute atomic E-state index is 0.156. The van der Waals surface area contributed by atoms with Crippen LogP contribution in [0, 0.1) is 0 Å². The molecule has 0 spiro atoms. The summed E-state index contributed by atoms with van der Waals surface area (Å²) in [4.78, 5) is 16.0. The van der Waals surface area contributed by atoms with E-state index in [1.54, 1.807) is 0 Å². The van der Waals surface area contributed by atoms with Crippen molar-refractivity contribution >= 4 is 17.0 Å². The van der Waals surface area contributed by atoms with E-state index in [1.165, 1.54) is 13.4 Å². The Kier molecular flexibility index (Phi) is 2.63. The van der Waals surface area contributed by atoms with Gasteiger partial charge in [0.15, 0.2) is 12.0 Å². The van der Waals surface area contributed by atoms with Crippen LogP contribution >= 0.6 is 0 Å². The number of aromatic nitrogens is 1. The number of oxazole rings is 1. The predicted molar refractivity (Wildman–Crippen MR) is 64.0 cm³/mol. The first kappa shape index (κ1) is 11.6. The summed E-state index contributed by atoms with van der Waals surface area (Å²) >= 11 is 0. The van der Waals surface area contributed by atoms with Gasteiger partial charge in [-0.05, 0) is 31.5 Å². The lowest BCUT2D eigenvalue weighted by molar-refractivity contribution is -0.135. The number of likely N-dealkylation sites (N-methyl/N-ethyl adjacent to an activating group) is 1. The highest BCUT2D eigenvalue weighted by Gasteiger charge is 2.32. The zero-order valence-electron chi connectivity index (χ0n) is 10.1. The van der Waals surface area contributed by atoms with Gasteiger partial charge in [0.2, 0.25) is 5.91 Å².